The van der Waals surface area contributed by atoms with Crippen molar-refractivity contribution in [3.05, 3.63) is 48.0 Å². The van der Waals surface area contributed by atoms with Crippen molar-refractivity contribution in [3.63, 3.8) is 0 Å². The van der Waals surface area contributed by atoms with Crippen LogP contribution in [0.3, 0.4) is 0 Å². The summed E-state index contributed by atoms with van der Waals surface area (Å²) in [7, 11) is 1.60. The van der Waals surface area contributed by atoms with Gasteiger partial charge in [-0.05, 0) is 24.1 Å². The number of benzene rings is 1. The van der Waals surface area contributed by atoms with Gasteiger partial charge in [0.15, 0.2) is 0 Å². The fraction of sp³-hybridized carbons (Fsp3) is 0.381. The number of ether oxygens (including phenoxy) is 1. The summed E-state index contributed by atoms with van der Waals surface area (Å²) >= 11 is 0. The number of methoxy groups -OCH3 is 1. The number of likely N-dealkylation sites (tertiary alicyclic amines) is 1. The Balaban J connectivity index is 0.000000913. The van der Waals surface area contributed by atoms with Gasteiger partial charge in [0.1, 0.15) is 11.4 Å². The van der Waals surface area contributed by atoms with Crippen LogP contribution in [-0.4, -0.2) is 88.9 Å². The first kappa shape index (κ1) is 22.8. The molecule has 4 rings (SSSR count). The van der Waals surface area contributed by atoms with Gasteiger partial charge in [-0.2, -0.15) is 0 Å². The molecule has 170 valence electrons. The molecule has 3 amide bonds. The van der Waals surface area contributed by atoms with Crippen molar-refractivity contribution in [1.29, 1.82) is 0 Å². The topological polar surface area (TPSA) is 145 Å². The first-order chi connectivity index (χ1) is 15.4. The normalized spacial score (nSPS) is 16.7. The summed E-state index contributed by atoms with van der Waals surface area (Å²) in [5, 5.41) is 9.63. The molecular formula is C21H25N5O6. The van der Waals surface area contributed by atoms with Gasteiger partial charge in [-0.15, -0.1) is 0 Å². The molecule has 0 bridgehead atoms. The smallest absolute Gasteiger partial charge is 0.290 e. The molecule has 11 heteroatoms. The summed E-state index contributed by atoms with van der Waals surface area (Å²) in [6.07, 6.45) is 3.39. The summed E-state index contributed by atoms with van der Waals surface area (Å²) in [5.74, 6) is 0.273. The molecule has 2 aromatic rings. The molecule has 2 saturated heterocycles. The number of hydrogen-bond donors (Lipinski definition) is 3. The molecular weight excluding hydrogens is 418 g/mol. The van der Waals surface area contributed by atoms with Crippen LogP contribution < -0.4 is 10.1 Å². The van der Waals surface area contributed by atoms with Crippen LogP contribution >= 0.6 is 0 Å². The third-order valence-corrected chi connectivity index (χ3v) is 5.46. The SMILES string of the molecule is COc1cccc(CC2(C(=O)N3CCNC(=O)C3)CN(C(=O)c3cnc[nH]3)C2)c1.O=CO. The van der Waals surface area contributed by atoms with Crippen molar-refractivity contribution in [2.24, 2.45) is 5.41 Å². The van der Waals surface area contributed by atoms with Gasteiger partial charge >= 0.3 is 0 Å². The van der Waals surface area contributed by atoms with Gasteiger partial charge in [-0.1, -0.05) is 12.1 Å². The number of carbonyl (C=O) groups is 4. The van der Waals surface area contributed by atoms with Crippen LogP contribution in [0.15, 0.2) is 36.8 Å². The molecule has 1 aromatic carbocycles. The number of H-pyrrole nitrogens is 1. The number of carbonyl (C=O) groups excluding carboxylic acids is 3. The highest BCUT2D eigenvalue weighted by atomic mass is 16.5. The summed E-state index contributed by atoms with van der Waals surface area (Å²) in [6.45, 7) is 1.29. The molecule has 0 saturated carbocycles. The number of aromatic amines is 1. The Kier molecular flexibility index (Phi) is 7.08. The van der Waals surface area contributed by atoms with E-state index in [1.165, 1.54) is 12.5 Å². The van der Waals surface area contributed by atoms with E-state index in [1.807, 2.05) is 24.3 Å². The van der Waals surface area contributed by atoms with Gasteiger partial charge in [0.25, 0.3) is 12.4 Å². The quantitative estimate of drug-likeness (QED) is 0.541. The van der Waals surface area contributed by atoms with Crippen molar-refractivity contribution in [2.75, 3.05) is 39.8 Å². The van der Waals surface area contributed by atoms with E-state index in [0.717, 1.165) is 5.56 Å². The molecule has 0 aliphatic carbocycles. The van der Waals surface area contributed by atoms with Gasteiger partial charge in [-0.3, -0.25) is 19.2 Å². The largest absolute Gasteiger partial charge is 0.497 e. The number of aromatic nitrogens is 2. The monoisotopic (exact) mass is 443 g/mol. The van der Waals surface area contributed by atoms with E-state index in [4.69, 9.17) is 14.6 Å². The Morgan fingerprint density at radius 2 is 2.06 bits per heavy atom. The number of nitrogens with zero attached hydrogens (tertiary/aromatic N) is 3. The maximum atomic E-state index is 13.4. The van der Waals surface area contributed by atoms with Gasteiger partial charge in [0.05, 0.1) is 31.6 Å². The minimum absolute atomic E-state index is 0.0488. The molecule has 2 aliphatic heterocycles. The van der Waals surface area contributed by atoms with E-state index in [2.05, 4.69) is 15.3 Å². The lowest BCUT2D eigenvalue weighted by atomic mass is 9.73. The Morgan fingerprint density at radius 1 is 1.31 bits per heavy atom. The van der Waals surface area contributed by atoms with Crippen LogP contribution in [0.5, 0.6) is 5.75 Å². The average molecular weight is 443 g/mol. The van der Waals surface area contributed by atoms with Crippen LogP contribution in [0.4, 0.5) is 0 Å². The van der Waals surface area contributed by atoms with E-state index in [1.54, 1.807) is 16.9 Å². The number of carboxylic acid groups (broad SMARTS) is 1. The second kappa shape index (κ2) is 9.94. The summed E-state index contributed by atoms with van der Waals surface area (Å²) in [5.41, 5.74) is 0.581. The molecule has 2 aliphatic rings. The van der Waals surface area contributed by atoms with Gasteiger partial charge in [0.2, 0.25) is 11.8 Å². The Hall–Kier alpha value is -3.89. The molecule has 11 nitrogen and oxygen atoms in total. The molecule has 3 heterocycles. The zero-order chi connectivity index (χ0) is 23.1. The second-order valence-corrected chi connectivity index (χ2v) is 7.62. The van der Waals surface area contributed by atoms with Crippen LogP contribution in [0.25, 0.3) is 0 Å². The minimum Gasteiger partial charge on any atom is -0.497 e. The van der Waals surface area contributed by atoms with E-state index in [0.29, 0.717) is 44.0 Å². The number of nitrogens with one attached hydrogen (secondary N) is 2. The van der Waals surface area contributed by atoms with Crippen molar-refractivity contribution in [2.45, 2.75) is 6.42 Å². The first-order valence-corrected chi connectivity index (χ1v) is 9.97. The lowest BCUT2D eigenvalue weighted by Crippen LogP contribution is -2.67. The number of imidazole rings is 1. The molecule has 32 heavy (non-hydrogen) atoms. The highest BCUT2D eigenvalue weighted by Crippen LogP contribution is 2.37. The van der Waals surface area contributed by atoms with E-state index in [9.17, 15) is 14.4 Å². The molecule has 0 unspecified atom stereocenters. The van der Waals surface area contributed by atoms with Crippen molar-refractivity contribution < 1.29 is 29.0 Å². The average Bonchev–Trinajstić information content (AvgIpc) is 3.31. The predicted molar refractivity (Wildman–Crippen MR) is 112 cm³/mol. The van der Waals surface area contributed by atoms with Crippen molar-refractivity contribution >= 4 is 24.2 Å². The third kappa shape index (κ3) is 4.88. The summed E-state index contributed by atoms with van der Waals surface area (Å²) < 4.78 is 5.30. The highest BCUT2D eigenvalue weighted by Gasteiger charge is 2.53. The van der Waals surface area contributed by atoms with Gasteiger partial charge < -0.3 is 29.9 Å². The van der Waals surface area contributed by atoms with Crippen LogP contribution in [0, 0.1) is 5.41 Å². The Bertz CT molecular complexity index is 971. The zero-order valence-corrected chi connectivity index (χ0v) is 17.6. The summed E-state index contributed by atoms with van der Waals surface area (Å²) in [6, 6.07) is 7.58. The standard InChI is InChI=1S/C20H23N5O4.CH2O2/c1-29-15-4-2-3-14(7-15)8-20(19(28)24-6-5-22-17(26)10-24)11-25(12-20)18(27)16-9-21-13-23-16;2-1-3/h2-4,7,9,13H,5-6,8,10-12H2,1H3,(H,21,23)(H,22,26);1H,(H,2,3). The van der Waals surface area contributed by atoms with Crippen LogP contribution in [0.2, 0.25) is 0 Å². The van der Waals surface area contributed by atoms with Crippen molar-refractivity contribution in [3.8, 4) is 5.75 Å². The molecule has 0 atom stereocenters. The molecule has 0 spiro atoms. The molecule has 1 aromatic heterocycles. The number of rotatable bonds is 5. The fourth-order valence-electron chi connectivity index (χ4n) is 4.01. The molecule has 3 N–H and O–H groups in total. The number of amides is 3. The number of hydrogen-bond acceptors (Lipinski definition) is 6. The maximum Gasteiger partial charge on any atom is 0.290 e. The van der Waals surface area contributed by atoms with Gasteiger partial charge in [-0.25, -0.2) is 4.98 Å². The van der Waals surface area contributed by atoms with Crippen LogP contribution in [0.1, 0.15) is 16.1 Å². The van der Waals surface area contributed by atoms with E-state index < -0.39 is 5.41 Å². The van der Waals surface area contributed by atoms with Crippen LogP contribution in [-0.2, 0) is 20.8 Å². The third-order valence-electron chi connectivity index (χ3n) is 5.46. The van der Waals surface area contributed by atoms with Crippen molar-refractivity contribution in [1.82, 2.24) is 25.1 Å². The number of piperazine rings is 1. The molecule has 0 radical (unpaired) electrons. The van der Waals surface area contributed by atoms with E-state index in [-0.39, 0.29) is 30.7 Å². The lowest BCUT2D eigenvalue weighted by molar-refractivity contribution is -0.154. The lowest BCUT2D eigenvalue weighted by Gasteiger charge is -2.50. The Morgan fingerprint density at radius 3 is 2.69 bits per heavy atom. The zero-order valence-electron chi connectivity index (χ0n) is 17.6. The molecule has 2 fully saturated rings. The second-order valence-electron chi connectivity index (χ2n) is 7.62. The fourth-order valence-corrected chi connectivity index (χ4v) is 4.01. The minimum atomic E-state index is -0.764. The highest BCUT2D eigenvalue weighted by molar-refractivity contribution is 5.96. The summed E-state index contributed by atoms with van der Waals surface area (Å²) in [4.78, 5) is 56.1. The predicted octanol–water partition coefficient (Wildman–Crippen LogP) is -0.238. The maximum absolute atomic E-state index is 13.4. The Labute approximate surface area is 184 Å². The van der Waals surface area contributed by atoms with E-state index >= 15 is 0 Å². The first-order valence-electron chi connectivity index (χ1n) is 9.97. The van der Waals surface area contributed by atoms with Gasteiger partial charge in [0, 0.05) is 26.2 Å².